The lowest BCUT2D eigenvalue weighted by molar-refractivity contribution is 0.0697. The second-order valence-corrected chi connectivity index (χ2v) is 4.14. The molecule has 0 spiro atoms. The molecule has 0 radical (unpaired) electrons. The number of hydrogen-bond donors (Lipinski definition) is 1. The molecule has 2 aromatic rings. The maximum atomic E-state index is 11.0. The molecule has 0 saturated carbocycles. The van der Waals surface area contributed by atoms with Crippen molar-refractivity contribution in [2.24, 2.45) is 7.05 Å². The van der Waals surface area contributed by atoms with Crippen molar-refractivity contribution in [2.75, 3.05) is 0 Å². The minimum absolute atomic E-state index is 0.169. The maximum Gasteiger partial charge on any atom is 0.339 e. The van der Waals surface area contributed by atoms with Gasteiger partial charge in [0.25, 0.3) is 0 Å². The lowest BCUT2D eigenvalue weighted by Crippen LogP contribution is -2.00. The van der Waals surface area contributed by atoms with Crippen LogP contribution in [0, 0.1) is 0 Å². The Morgan fingerprint density at radius 2 is 2.19 bits per heavy atom. The fourth-order valence-corrected chi connectivity index (χ4v) is 1.84. The molecule has 5 nitrogen and oxygen atoms in total. The molecule has 0 fully saturated rings. The third-order valence-corrected chi connectivity index (χ3v) is 2.58. The molecule has 0 atom stereocenters. The predicted octanol–water partition coefficient (Wildman–Crippen LogP) is 1.94. The van der Waals surface area contributed by atoms with E-state index >= 15 is 0 Å². The van der Waals surface area contributed by atoms with Crippen LogP contribution < -0.4 is 0 Å². The summed E-state index contributed by atoms with van der Waals surface area (Å²) in [6.45, 7) is 0. The molecule has 0 saturated heterocycles. The first-order chi connectivity index (χ1) is 7.59. The van der Waals surface area contributed by atoms with Crippen molar-refractivity contribution < 1.29 is 9.90 Å². The first-order valence-corrected chi connectivity index (χ1v) is 5.25. The zero-order chi connectivity index (χ0) is 11.7. The molecule has 1 N–H and O–H groups in total. The van der Waals surface area contributed by atoms with E-state index in [-0.39, 0.29) is 5.56 Å². The summed E-state index contributed by atoms with van der Waals surface area (Å²) in [5.41, 5.74) is 1.43. The molecule has 2 aromatic heterocycles. The molecule has 82 valence electrons. The van der Waals surface area contributed by atoms with Crippen molar-refractivity contribution in [3.05, 3.63) is 34.7 Å². The summed E-state index contributed by atoms with van der Waals surface area (Å²) < 4.78 is 2.31. The van der Waals surface area contributed by atoms with E-state index in [2.05, 4.69) is 26.0 Å². The van der Waals surface area contributed by atoms with Crippen molar-refractivity contribution >= 4 is 21.9 Å². The van der Waals surface area contributed by atoms with E-state index < -0.39 is 5.97 Å². The van der Waals surface area contributed by atoms with Gasteiger partial charge >= 0.3 is 5.97 Å². The fraction of sp³-hybridized carbons (Fsp3) is 0.100. The Morgan fingerprint density at radius 3 is 2.81 bits per heavy atom. The van der Waals surface area contributed by atoms with Crippen molar-refractivity contribution in [1.82, 2.24) is 14.8 Å². The normalized spacial score (nSPS) is 10.4. The minimum Gasteiger partial charge on any atom is -0.478 e. The Kier molecular flexibility index (Phi) is 2.74. The Balaban J connectivity index is 2.63. The lowest BCUT2D eigenvalue weighted by atomic mass is 10.1. The lowest BCUT2D eigenvalue weighted by Gasteiger charge is -2.03. The summed E-state index contributed by atoms with van der Waals surface area (Å²) in [6, 6.07) is 1.80. The highest BCUT2D eigenvalue weighted by Gasteiger charge is 2.16. The van der Waals surface area contributed by atoms with Gasteiger partial charge in [-0.1, -0.05) is 0 Å². The van der Waals surface area contributed by atoms with Gasteiger partial charge in [-0.25, -0.2) is 4.79 Å². The summed E-state index contributed by atoms with van der Waals surface area (Å²) in [6.07, 6.45) is 4.58. The molecule has 16 heavy (non-hydrogen) atoms. The number of carboxylic acid groups (broad SMARTS) is 1. The number of aromatic nitrogens is 3. The first-order valence-electron chi connectivity index (χ1n) is 4.46. The van der Waals surface area contributed by atoms with E-state index in [4.69, 9.17) is 5.11 Å². The highest BCUT2D eigenvalue weighted by molar-refractivity contribution is 9.10. The van der Waals surface area contributed by atoms with Crippen molar-refractivity contribution in [3.8, 4) is 11.3 Å². The Morgan fingerprint density at radius 1 is 1.44 bits per heavy atom. The number of pyridine rings is 1. The number of carbonyl (C=O) groups is 1. The van der Waals surface area contributed by atoms with Crippen LogP contribution in [0.4, 0.5) is 0 Å². The Bertz CT molecular complexity index is 551. The largest absolute Gasteiger partial charge is 0.478 e. The smallest absolute Gasteiger partial charge is 0.339 e. The molecule has 2 heterocycles. The van der Waals surface area contributed by atoms with E-state index in [1.54, 1.807) is 25.5 Å². The van der Waals surface area contributed by atoms with Crippen LogP contribution in [-0.2, 0) is 7.05 Å². The van der Waals surface area contributed by atoms with E-state index in [0.717, 1.165) is 4.47 Å². The highest BCUT2D eigenvalue weighted by atomic mass is 79.9. The molecular formula is C10H8BrN3O2. The summed E-state index contributed by atoms with van der Waals surface area (Å²) >= 11 is 3.29. The van der Waals surface area contributed by atoms with Gasteiger partial charge in [-0.3, -0.25) is 9.67 Å². The van der Waals surface area contributed by atoms with Gasteiger partial charge in [0.15, 0.2) is 0 Å². The number of aryl methyl sites for hydroxylation is 1. The molecule has 0 aliphatic carbocycles. The third kappa shape index (κ3) is 1.83. The zero-order valence-corrected chi connectivity index (χ0v) is 9.97. The number of rotatable bonds is 2. The van der Waals surface area contributed by atoms with Gasteiger partial charge in [0.1, 0.15) is 5.56 Å². The minimum atomic E-state index is -0.997. The number of hydrogen-bond acceptors (Lipinski definition) is 3. The molecule has 0 aliphatic rings. The average molecular weight is 282 g/mol. The quantitative estimate of drug-likeness (QED) is 0.914. The van der Waals surface area contributed by atoms with Crippen molar-refractivity contribution in [3.63, 3.8) is 0 Å². The van der Waals surface area contributed by atoms with Gasteiger partial charge in [-0.2, -0.15) is 5.10 Å². The van der Waals surface area contributed by atoms with Crippen LogP contribution in [0.25, 0.3) is 11.3 Å². The molecule has 0 amide bonds. The van der Waals surface area contributed by atoms with Crippen molar-refractivity contribution in [2.45, 2.75) is 0 Å². The topological polar surface area (TPSA) is 68.0 Å². The van der Waals surface area contributed by atoms with Crippen LogP contribution in [0.5, 0.6) is 0 Å². The predicted molar refractivity (Wildman–Crippen MR) is 61.1 cm³/mol. The number of carboxylic acids is 1. The Hall–Kier alpha value is -1.69. The van der Waals surface area contributed by atoms with E-state index in [9.17, 15) is 4.79 Å². The number of halogens is 1. The van der Waals surface area contributed by atoms with E-state index in [0.29, 0.717) is 11.3 Å². The second kappa shape index (κ2) is 4.05. The SMILES string of the molecule is Cn1ncc(C(=O)O)c1-c1cncc(Br)c1. The molecule has 0 bridgehead atoms. The van der Waals surface area contributed by atoms with Crippen LogP contribution in [0.1, 0.15) is 10.4 Å². The van der Waals surface area contributed by atoms with E-state index in [1.807, 2.05) is 0 Å². The Labute approximate surface area is 99.9 Å². The molecule has 0 unspecified atom stereocenters. The van der Waals surface area contributed by atoms with Gasteiger partial charge < -0.3 is 5.11 Å². The van der Waals surface area contributed by atoms with Crippen LogP contribution in [0.2, 0.25) is 0 Å². The van der Waals surface area contributed by atoms with Gasteiger partial charge in [0.2, 0.25) is 0 Å². The highest BCUT2D eigenvalue weighted by Crippen LogP contribution is 2.24. The van der Waals surface area contributed by atoms with Gasteiger partial charge in [-0.15, -0.1) is 0 Å². The van der Waals surface area contributed by atoms with Gasteiger partial charge in [-0.05, 0) is 22.0 Å². The van der Waals surface area contributed by atoms with Crippen LogP contribution in [0.3, 0.4) is 0 Å². The standard InChI is InChI=1S/C10H8BrN3O2/c1-14-9(8(5-13-14)10(15)16)6-2-7(11)4-12-3-6/h2-5H,1H3,(H,15,16). The summed E-state index contributed by atoms with van der Waals surface area (Å²) in [4.78, 5) is 15.0. The zero-order valence-electron chi connectivity index (χ0n) is 8.38. The van der Waals surface area contributed by atoms with Crippen molar-refractivity contribution in [1.29, 1.82) is 0 Å². The monoisotopic (exact) mass is 281 g/mol. The summed E-state index contributed by atoms with van der Waals surface area (Å²) in [5, 5.41) is 13.0. The molecule has 2 rings (SSSR count). The molecular weight excluding hydrogens is 274 g/mol. The second-order valence-electron chi connectivity index (χ2n) is 3.23. The molecule has 0 aromatic carbocycles. The summed E-state index contributed by atoms with van der Waals surface area (Å²) in [5.74, 6) is -0.997. The van der Waals surface area contributed by atoms with Crippen LogP contribution in [-0.4, -0.2) is 25.8 Å². The first kappa shape index (κ1) is 10.8. The van der Waals surface area contributed by atoms with Crippen LogP contribution in [0.15, 0.2) is 29.1 Å². The fourth-order valence-electron chi connectivity index (χ4n) is 1.48. The summed E-state index contributed by atoms with van der Waals surface area (Å²) in [7, 11) is 1.70. The van der Waals surface area contributed by atoms with Gasteiger partial charge in [0, 0.05) is 29.5 Å². The maximum absolute atomic E-state index is 11.0. The van der Waals surface area contributed by atoms with Crippen LogP contribution >= 0.6 is 15.9 Å². The average Bonchev–Trinajstić information content (AvgIpc) is 2.60. The number of aromatic carboxylic acids is 1. The van der Waals surface area contributed by atoms with E-state index in [1.165, 1.54) is 10.9 Å². The van der Waals surface area contributed by atoms with Gasteiger partial charge in [0.05, 0.1) is 11.9 Å². The third-order valence-electron chi connectivity index (χ3n) is 2.15. The molecule has 6 heteroatoms. The number of nitrogens with zero attached hydrogens (tertiary/aromatic N) is 3. The molecule has 0 aliphatic heterocycles.